The largest absolute Gasteiger partial charge is 0.501 e. The molecule has 0 aromatic rings. The van der Waals surface area contributed by atoms with Crippen molar-refractivity contribution in [2.24, 2.45) is 0 Å². The quantitative estimate of drug-likeness (QED) is 0.165. The molecular formula is C18H36O5Si. The molecule has 0 amide bonds. The summed E-state index contributed by atoms with van der Waals surface area (Å²) in [4.78, 5) is 11.1. The minimum absolute atomic E-state index is 0.338. The molecule has 24 heavy (non-hydrogen) atoms. The minimum Gasteiger partial charge on any atom is -0.463 e. The fourth-order valence-electron chi connectivity index (χ4n) is 1.98. The molecule has 6 heteroatoms. The summed E-state index contributed by atoms with van der Waals surface area (Å²) < 4.78 is 23.5. The third-order valence-electron chi connectivity index (χ3n) is 3.50. The number of carbonyl (C=O) groups is 1. The van der Waals surface area contributed by atoms with Crippen LogP contribution in [-0.4, -0.2) is 41.2 Å². The van der Waals surface area contributed by atoms with Gasteiger partial charge >= 0.3 is 14.8 Å². The van der Waals surface area contributed by atoms with Crippen LogP contribution in [0, 0.1) is 0 Å². The number of unbranched alkanes of at least 4 members (excludes halogenated alkanes) is 3. The molecule has 142 valence electrons. The maximum atomic E-state index is 11.1. The van der Waals surface area contributed by atoms with Crippen molar-refractivity contribution >= 4 is 14.8 Å². The first kappa shape index (κ1) is 23.3. The van der Waals surface area contributed by atoms with Gasteiger partial charge in [0.15, 0.2) is 0 Å². The molecule has 0 N–H and O–H groups in total. The molecule has 0 aromatic heterocycles. The monoisotopic (exact) mass is 360 g/mol. The molecule has 0 saturated heterocycles. The van der Waals surface area contributed by atoms with Gasteiger partial charge in [-0.15, -0.1) is 0 Å². The van der Waals surface area contributed by atoms with Crippen molar-refractivity contribution in [3.05, 3.63) is 12.7 Å². The van der Waals surface area contributed by atoms with Gasteiger partial charge in [0, 0.05) is 31.9 Å². The predicted molar refractivity (Wildman–Crippen MR) is 98.9 cm³/mol. The molecule has 0 aromatic carbocycles. The van der Waals surface area contributed by atoms with Gasteiger partial charge in [-0.1, -0.05) is 46.6 Å². The first-order chi connectivity index (χ1) is 11.6. The van der Waals surface area contributed by atoms with Crippen LogP contribution in [0.25, 0.3) is 0 Å². The van der Waals surface area contributed by atoms with E-state index in [-0.39, 0.29) is 0 Å². The molecule has 0 atom stereocenters. The van der Waals surface area contributed by atoms with Crippen LogP contribution in [0.4, 0.5) is 0 Å². The molecule has 5 nitrogen and oxygen atoms in total. The van der Waals surface area contributed by atoms with E-state index >= 15 is 0 Å². The number of ether oxygens (including phenoxy) is 1. The van der Waals surface area contributed by atoms with E-state index in [9.17, 15) is 4.79 Å². The SMILES string of the molecule is C=CC(=O)OCCC[Si](OCCCC)(OCCCC)OCCCC. The van der Waals surface area contributed by atoms with Crippen LogP contribution in [0.2, 0.25) is 6.04 Å². The highest BCUT2D eigenvalue weighted by Crippen LogP contribution is 2.20. The van der Waals surface area contributed by atoms with Crippen LogP contribution in [0.15, 0.2) is 12.7 Å². The van der Waals surface area contributed by atoms with Crippen molar-refractivity contribution in [3.63, 3.8) is 0 Å². The van der Waals surface area contributed by atoms with Crippen molar-refractivity contribution < 1.29 is 22.8 Å². The summed E-state index contributed by atoms with van der Waals surface area (Å²) in [7, 11) is -2.71. The molecule has 0 rings (SSSR count). The van der Waals surface area contributed by atoms with Gasteiger partial charge < -0.3 is 18.0 Å². The van der Waals surface area contributed by atoms with Crippen molar-refractivity contribution in [3.8, 4) is 0 Å². The van der Waals surface area contributed by atoms with Gasteiger partial charge in [0.2, 0.25) is 0 Å². The summed E-state index contributed by atoms with van der Waals surface area (Å²) in [6, 6.07) is 0.675. The van der Waals surface area contributed by atoms with Crippen molar-refractivity contribution in [2.75, 3.05) is 26.4 Å². The Morgan fingerprint density at radius 2 is 1.29 bits per heavy atom. The average molecular weight is 361 g/mol. The van der Waals surface area contributed by atoms with E-state index in [1.54, 1.807) is 0 Å². The summed E-state index contributed by atoms with van der Waals surface area (Å²) in [6.45, 7) is 12.1. The molecule has 0 aliphatic rings. The molecule has 0 saturated carbocycles. The standard InChI is InChI=1S/C18H36O5Si/c1-5-9-14-21-24(22-15-10-6-2,23-16-11-7-3)17-12-13-20-18(19)8-4/h8H,4-7,9-17H2,1-3H3. The number of esters is 1. The maximum Gasteiger partial charge on any atom is 0.501 e. The smallest absolute Gasteiger partial charge is 0.463 e. The number of hydrogen-bond donors (Lipinski definition) is 0. The van der Waals surface area contributed by atoms with E-state index in [4.69, 9.17) is 18.0 Å². The lowest BCUT2D eigenvalue weighted by molar-refractivity contribution is -0.137. The van der Waals surface area contributed by atoms with Gasteiger partial charge in [0.1, 0.15) is 0 Å². The second-order valence-corrected chi connectivity index (χ2v) is 8.50. The first-order valence-corrected chi connectivity index (χ1v) is 11.3. The van der Waals surface area contributed by atoms with Crippen LogP contribution < -0.4 is 0 Å². The lowest BCUT2D eigenvalue weighted by Crippen LogP contribution is -2.47. The van der Waals surface area contributed by atoms with E-state index in [1.807, 2.05) is 0 Å². The fourth-order valence-corrected chi connectivity index (χ4v) is 4.60. The molecule has 0 spiro atoms. The van der Waals surface area contributed by atoms with Crippen LogP contribution in [0.1, 0.15) is 65.7 Å². The summed E-state index contributed by atoms with van der Waals surface area (Å²) in [5, 5.41) is 0. The third-order valence-corrected chi connectivity index (χ3v) is 6.40. The number of hydrogen-bond acceptors (Lipinski definition) is 5. The van der Waals surface area contributed by atoms with Crippen molar-refractivity contribution in [1.82, 2.24) is 0 Å². The topological polar surface area (TPSA) is 54.0 Å². The van der Waals surface area contributed by atoms with Crippen molar-refractivity contribution in [1.29, 1.82) is 0 Å². The van der Waals surface area contributed by atoms with Gasteiger partial charge in [-0.25, -0.2) is 4.79 Å². The minimum atomic E-state index is -2.71. The highest BCUT2D eigenvalue weighted by atomic mass is 28.4. The molecule has 0 fully saturated rings. The highest BCUT2D eigenvalue weighted by Gasteiger charge is 2.40. The predicted octanol–water partition coefficient (Wildman–Crippen LogP) is 4.49. The van der Waals surface area contributed by atoms with Gasteiger partial charge in [0.25, 0.3) is 0 Å². The van der Waals surface area contributed by atoms with Crippen LogP contribution >= 0.6 is 0 Å². The zero-order valence-electron chi connectivity index (χ0n) is 15.8. The summed E-state index contributed by atoms with van der Waals surface area (Å²) in [5.74, 6) is -0.395. The summed E-state index contributed by atoms with van der Waals surface area (Å²) in [6.07, 6.45) is 8.06. The zero-order valence-corrected chi connectivity index (χ0v) is 16.8. The Labute approximate surface area is 149 Å². The highest BCUT2D eigenvalue weighted by molar-refractivity contribution is 6.60. The van der Waals surface area contributed by atoms with Crippen LogP contribution in [0.3, 0.4) is 0 Å². The van der Waals surface area contributed by atoms with Crippen LogP contribution in [0.5, 0.6) is 0 Å². The normalized spacial score (nSPS) is 11.5. The Morgan fingerprint density at radius 3 is 1.67 bits per heavy atom. The second-order valence-electron chi connectivity index (χ2n) is 5.76. The Hall–Kier alpha value is -0.693. The van der Waals surface area contributed by atoms with Gasteiger partial charge in [-0.3, -0.25) is 0 Å². The van der Waals surface area contributed by atoms with Crippen LogP contribution in [-0.2, 0) is 22.8 Å². The molecule has 0 radical (unpaired) electrons. The summed E-state index contributed by atoms with van der Waals surface area (Å²) in [5.41, 5.74) is 0. The Kier molecular flexibility index (Phi) is 15.4. The maximum absolute atomic E-state index is 11.1. The average Bonchev–Trinajstić information content (AvgIpc) is 2.59. The lowest BCUT2D eigenvalue weighted by atomic mass is 10.4. The molecule has 0 aliphatic heterocycles. The molecular weight excluding hydrogens is 324 g/mol. The first-order valence-electron chi connectivity index (χ1n) is 9.35. The van der Waals surface area contributed by atoms with E-state index in [2.05, 4.69) is 27.4 Å². The Balaban J connectivity index is 4.64. The third kappa shape index (κ3) is 11.8. The summed E-state index contributed by atoms with van der Waals surface area (Å²) >= 11 is 0. The lowest BCUT2D eigenvalue weighted by Gasteiger charge is -2.30. The number of rotatable bonds is 17. The van der Waals surface area contributed by atoms with E-state index in [0.29, 0.717) is 38.9 Å². The fraction of sp³-hybridized carbons (Fsp3) is 0.833. The molecule has 0 heterocycles. The second kappa shape index (κ2) is 15.8. The zero-order chi connectivity index (χ0) is 18.1. The molecule has 0 aliphatic carbocycles. The van der Waals surface area contributed by atoms with Gasteiger partial charge in [0.05, 0.1) is 6.61 Å². The molecule has 0 unspecified atom stereocenters. The molecule has 0 bridgehead atoms. The van der Waals surface area contributed by atoms with Gasteiger partial charge in [-0.05, 0) is 25.7 Å². The van der Waals surface area contributed by atoms with E-state index in [1.165, 1.54) is 6.08 Å². The Morgan fingerprint density at radius 1 is 0.833 bits per heavy atom. The Bertz CT molecular complexity index is 296. The van der Waals surface area contributed by atoms with Crippen molar-refractivity contribution in [2.45, 2.75) is 71.8 Å². The van der Waals surface area contributed by atoms with E-state index in [0.717, 1.165) is 38.5 Å². The van der Waals surface area contributed by atoms with Gasteiger partial charge in [-0.2, -0.15) is 0 Å². The number of carbonyl (C=O) groups excluding carboxylic acids is 1. The van der Waals surface area contributed by atoms with E-state index < -0.39 is 14.8 Å².